The zero-order valence-electron chi connectivity index (χ0n) is 11.1. The number of carbonyl (C=O) groups is 1. The molecule has 4 aromatic rings. The van der Waals surface area contributed by atoms with Crippen LogP contribution in [0.5, 0.6) is 0 Å². The summed E-state index contributed by atoms with van der Waals surface area (Å²) in [6, 6.07) is 18.5. The van der Waals surface area contributed by atoms with Crippen molar-refractivity contribution < 1.29 is 4.79 Å². The smallest absolute Gasteiger partial charge is 0.150 e. The van der Waals surface area contributed by atoms with Crippen LogP contribution in [0.15, 0.2) is 54.6 Å². The molecule has 0 aliphatic heterocycles. The van der Waals surface area contributed by atoms with Crippen LogP contribution in [0.3, 0.4) is 0 Å². The third-order valence-electron chi connectivity index (χ3n) is 4.08. The first-order valence-corrected chi connectivity index (χ1v) is 6.65. The molecule has 0 spiro atoms. The fraction of sp³-hybridized carbons (Fsp3) is 0.0556. The van der Waals surface area contributed by atoms with E-state index in [2.05, 4.69) is 28.8 Å². The van der Waals surface area contributed by atoms with Crippen molar-refractivity contribution >= 4 is 38.9 Å². The summed E-state index contributed by atoms with van der Waals surface area (Å²) in [5, 5.41) is 4.62. The average Bonchev–Trinajstić information content (AvgIpc) is 2.80. The first-order chi connectivity index (χ1) is 9.81. The molecule has 0 amide bonds. The molecule has 0 saturated heterocycles. The van der Waals surface area contributed by atoms with Crippen molar-refractivity contribution in [1.29, 1.82) is 0 Å². The van der Waals surface area contributed by atoms with Gasteiger partial charge in [0.25, 0.3) is 0 Å². The van der Waals surface area contributed by atoms with Crippen LogP contribution in [-0.2, 0) is 7.05 Å². The van der Waals surface area contributed by atoms with Gasteiger partial charge in [0, 0.05) is 28.9 Å². The van der Waals surface area contributed by atoms with Crippen molar-refractivity contribution in [1.82, 2.24) is 4.57 Å². The summed E-state index contributed by atoms with van der Waals surface area (Å²) in [4.78, 5) is 11.4. The number of fused-ring (bicyclic) bond motifs is 5. The average molecular weight is 259 g/mol. The maximum Gasteiger partial charge on any atom is 0.150 e. The predicted octanol–water partition coefficient (Wildman–Crippen LogP) is 4.30. The van der Waals surface area contributed by atoms with E-state index in [0.717, 1.165) is 28.1 Å². The van der Waals surface area contributed by atoms with Crippen LogP contribution >= 0.6 is 0 Å². The van der Waals surface area contributed by atoms with Crippen molar-refractivity contribution in [2.75, 3.05) is 0 Å². The van der Waals surface area contributed by atoms with Crippen LogP contribution in [0, 0.1) is 0 Å². The number of hydrogen-bond acceptors (Lipinski definition) is 1. The molecule has 0 aliphatic carbocycles. The highest BCUT2D eigenvalue weighted by molar-refractivity contribution is 6.23. The molecule has 4 rings (SSSR count). The number of aldehydes is 1. The Kier molecular flexibility index (Phi) is 2.21. The Hall–Kier alpha value is -2.61. The highest BCUT2D eigenvalue weighted by Crippen LogP contribution is 2.35. The fourth-order valence-corrected chi connectivity index (χ4v) is 3.14. The molecule has 2 nitrogen and oxygen atoms in total. The molecule has 0 aliphatic rings. The summed E-state index contributed by atoms with van der Waals surface area (Å²) in [6.45, 7) is 0. The second kappa shape index (κ2) is 3.94. The standard InChI is InChI=1S/C18H13NO/c1-19-16-9-5-4-8-15(16)18-14-7-3-2-6-13(14)12(11-20)10-17(18)19/h2-11H,1H3. The van der Waals surface area contributed by atoms with Crippen LogP contribution in [-0.4, -0.2) is 10.9 Å². The van der Waals surface area contributed by atoms with E-state index in [1.165, 1.54) is 16.3 Å². The van der Waals surface area contributed by atoms with Crippen LogP contribution in [0.1, 0.15) is 10.4 Å². The number of nitrogens with zero attached hydrogens (tertiary/aromatic N) is 1. The maximum atomic E-state index is 11.4. The summed E-state index contributed by atoms with van der Waals surface area (Å²) < 4.78 is 2.16. The summed E-state index contributed by atoms with van der Waals surface area (Å²) in [6.07, 6.45) is 0.944. The van der Waals surface area contributed by atoms with E-state index >= 15 is 0 Å². The zero-order valence-corrected chi connectivity index (χ0v) is 11.1. The van der Waals surface area contributed by atoms with Crippen molar-refractivity contribution in [2.24, 2.45) is 7.05 Å². The minimum Gasteiger partial charge on any atom is -0.344 e. The third kappa shape index (κ3) is 1.31. The number of rotatable bonds is 1. The Morgan fingerprint density at radius 2 is 1.50 bits per heavy atom. The number of carbonyl (C=O) groups excluding carboxylic acids is 1. The monoisotopic (exact) mass is 259 g/mol. The second-order valence-electron chi connectivity index (χ2n) is 5.10. The summed E-state index contributed by atoms with van der Waals surface area (Å²) in [7, 11) is 2.05. The van der Waals surface area contributed by atoms with Crippen LogP contribution in [0.2, 0.25) is 0 Å². The topological polar surface area (TPSA) is 22.0 Å². The number of aromatic nitrogens is 1. The SMILES string of the molecule is Cn1c2ccccc2c2c3ccccc3c(C=O)cc21. The largest absolute Gasteiger partial charge is 0.344 e. The summed E-state index contributed by atoms with van der Waals surface area (Å²) in [5.74, 6) is 0. The van der Waals surface area contributed by atoms with Gasteiger partial charge in [0.15, 0.2) is 6.29 Å². The molecule has 3 aromatic carbocycles. The van der Waals surface area contributed by atoms with Gasteiger partial charge in [-0.1, -0.05) is 42.5 Å². The molecule has 1 aromatic heterocycles. The predicted molar refractivity (Wildman–Crippen MR) is 83.3 cm³/mol. The number of aryl methyl sites for hydroxylation is 1. The summed E-state index contributed by atoms with van der Waals surface area (Å²) in [5.41, 5.74) is 3.04. The van der Waals surface area contributed by atoms with Gasteiger partial charge in [-0.2, -0.15) is 0 Å². The second-order valence-corrected chi connectivity index (χ2v) is 5.10. The Morgan fingerprint density at radius 1 is 0.850 bits per heavy atom. The molecule has 20 heavy (non-hydrogen) atoms. The lowest BCUT2D eigenvalue weighted by Crippen LogP contribution is -1.89. The normalized spacial score (nSPS) is 11.4. The van der Waals surface area contributed by atoms with E-state index < -0.39 is 0 Å². The fourth-order valence-electron chi connectivity index (χ4n) is 3.14. The lowest BCUT2D eigenvalue weighted by Gasteiger charge is -2.04. The third-order valence-corrected chi connectivity index (χ3v) is 4.08. The van der Waals surface area contributed by atoms with Crippen LogP contribution in [0.25, 0.3) is 32.6 Å². The minimum absolute atomic E-state index is 0.749. The van der Waals surface area contributed by atoms with Gasteiger partial charge >= 0.3 is 0 Å². The van der Waals surface area contributed by atoms with E-state index in [-0.39, 0.29) is 0 Å². The molecule has 0 fully saturated rings. The molecular weight excluding hydrogens is 246 g/mol. The Bertz CT molecular complexity index is 979. The molecule has 0 atom stereocenters. The quantitative estimate of drug-likeness (QED) is 0.467. The van der Waals surface area contributed by atoms with Crippen molar-refractivity contribution in [3.05, 3.63) is 60.2 Å². The Morgan fingerprint density at radius 3 is 2.25 bits per heavy atom. The van der Waals surface area contributed by atoms with Gasteiger partial charge in [0.1, 0.15) is 0 Å². The van der Waals surface area contributed by atoms with Gasteiger partial charge in [-0.05, 0) is 22.9 Å². The lowest BCUT2D eigenvalue weighted by atomic mass is 10.00. The lowest BCUT2D eigenvalue weighted by molar-refractivity contribution is 0.112. The van der Waals surface area contributed by atoms with Gasteiger partial charge in [-0.15, -0.1) is 0 Å². The van der Waals surface area contributed by atoms with Crippen LogP contribution in [0.4, 0.5) is 0 Å². The van der Waals surface area contributed by atoms with Gasteiger partial charge in [0.05, 0.1) is 5.52 Å². The van der Waals surface area contributed by atoms with Crippen molar-refractivity contribution in [3.8, 4) is 0 Å². The van der Waals surface area contributed by atoms with Gasteiger partial charge in [-0.3, -0.25) is 4.79 Å². The Labute approximate surface area is 116 Å². The zero-order chi connectivity index (χ0) is 13.7. The molecule has 0 radical (unpaired) electrons. The van der Waals surface area contributed by atoms with Crippen molar-refractivity contribution in [3.63, 3.8) is 0 Å². The molecule has 1 heterocycles. The van der Waals surface area contributed by atoms with E-state index in [0.29, 0.717) is 0 Å². The van der Waals surface area contributed by atoms with Crippen LogP contribution < -0.4 is 0 Å². The molecule has 0 unspecified atom stereocenters. The van der Waals surface area contributed by atoms with Gasteiger partial charge < -0.3 is 4.57 Å². The molecule has 96 valence electrons. The van der Waals surface area contributed by atoms with E-state index in [1.807, 2.05) is 37.4 Å². The molecule has 2 heteroatoms. The highest BCUT2D eigenvalue weighted by atomic mass is 16.1. The van der Waals surface area contributed by atoms with Crippen molar-refractivity contribution in [2.45, 2.75) is 0 Å². The van der Waals surface area contributed by atoms with E-state index in [9.17, 15) is 4.79 Å². The molecule has 0 N–H and O–H groups in total. The van der Waals surface area contributed by atoms with E-state index in [1.54, 1.807) is 0 Å². The van der Waals surface area contributed by atoms with Gasteiger partial charge in [-0.25, -0.2) is 0 Å². The van der Waals surface area contributed by atoms with Gasteiger partial charge in [0.2, 0.25) is 0 Å². The number of para-hydroxylation sites is 1. The first-order valence-electron chi connectivity index (χ1n) is 6.65. The minimum atomic E-state index is 0.749. The first kappa shape index (κ1) is 11.2. The van der Waals surface area contributed by atoms with E-state index in [4.69, 9.17) is 0 Å². The number of hydrogen-bond donors (Lipinski definition) is 0. The Balaban J connectivity index is 2.41. The molecule has 0 saturated carbocycles. The maximum absolute atomic E-state index is 11.4. The number of benzene rings is 3. The highest BCUT2D eigenvalue weighted by Gasteiger charge is 2.13. The molecule has 0 bridgehead atoms. The summed E-state index contributed by atoms with van der Waals surface area (Å²) >= 11 is 0. The molecular formula is C18H13NO.